The topological polar surface area (TPSA) is 60.7 Å². The van der Waals surface area contributed by atoms with Crippen LogP contribution >= 0.6 is 11.8 Å². The van der Waals surface area contributed by atoms with Gasteiger partial charge in [0.2, 0.25) is 5.16 Å². The molecule has 0 radical (unpaired) electrons. The molecule has 1 aliphatic rings. The van der Waals surface area contributed by atoms with E-state index >= 15 is 0 Å². The number of benzene rings is 2. The number of thioether (sulfide) groups is 1. The lowest BCUT2D eigenvalue weighted by Crippen LogP contribution is -2.15. The average molecular weight is 368 g/mol. The van der Waals surface area contributed by atoms with Crippen LogP contribution < -0.4 is 0 Å². The van der Waals surface area contributed by atoms with E-state index in [4.69, 9.17) is 0 Å². The second-order valence-corrected chi connectivity index (χ2v) is 7.62. The number of rotatable bonds is 5. The molecular formula is C19H17FN4OS. The Hall–Kier alpha value is -2.54. The lowest BCUT2D eigenvalue weighted by Gasteiger charge is -2.11. The van der Waals surface area contributed by atoms with Gasteiger partial charge in [0.25, 0.3) is 0 Å². The van der Waals surface area contributed by atoms with Crippen molar-refractivity contribution in [1.82, 2.24) is 20.2 Å². The van der Waals surface area contributed by atoms with E-state index < -0.39 is 0 Å². The summed E-state index contributed by atoms with van der Waals surface area (Å²) in [4.78, 5) is 12.8. The first-order chi connectivity index (χ1) is 12.6. The summed E-state index contributed by atoms with van der Waals surface area (Å²) in [5, 5.41) is 11.7. The Balaban J connectivity index is 1.54. The third kappa shape index (κ3) is 3.26. The van der Waals surface area contributed by atoms with Gasteiger partial charge < -0.3 is 0 Å². The Morgan fingerprint density at radius 3 is 2.88 bits per heavy atom. The van der Waals surface area contributed by atoms with Crippen molar-refractivity contribution in [2.24, 2.45) is 0 Å². The van der Waals surface area contributed by atoms with E-state index in [9.17, 15) is 9.18 Å². The van der Waals surface area contributed by atoms with Crippen LogP contribution in [0.4, 0.5) is 4.39 Å². The number of aromatic nitrogens is 4. The third-order valence-electron chi connectivity index (χ3n) is 4.53. The second-order valence-electron chi connectivity index (χ2n) is 6.31. The number of nitrogens with zero attached hydrogens (tertiary/aromatic N) is 4. The van der Waals surface area contributed by atoms with Crippen LogP contribution in [-0.4, -0.2) is 31.2 Å². The molecule has 0 spiro atoms. The number of ketones is 1. The van der Waals surface area contributed by atoms with E-state index in [1.165, 1.54) is 39.7 Å². The van der Waals surface area contributed by atoms with Gasteiger partial charge in [-0.15, -0.1) is 5.10 Å². The molecule has 5 nitrogen and oxygen atoms in total. The SMILES string of the molecule is CC(Sc1nnnn1-c1cccc(F)c1)C(=O)c1ccc2c(c1)CCC2. The number of aryl methyl sites for hydroxylation is 2. The summed E-state index contributed by atoms with van der Waals surface area (Å²) in [5.74, 6) is -0.324. The standard InChI is InChI=1S/C19H17FN4OS/c1-12(18(25)15-9-8-13-4-2-5-14(13)10-15)26-19-21-22-23-24(19)17-7-3-6-16(20)11-17/h3,6-12H,2,4-5H2,1H3. The van der Waals surface area contributed by atoms with E-state index in [2.05, 4.69) is 21.6 Å². The quantitative estimate of drug-likeness (QED) is 0.508. The van der Waals surface area contributed by atoms with Crippen molar-refractivity contribution in [3.05, 3.63) is 65.0 Å². The highest BCUT2D eigenvalue weighted by Gasteiger charge is 2.22. The van der Waals surface area contributed by atoms with Crippen molar-refractivity contribution in [2.75, 3.05) is 0 Å². The fourth-order valence-corrected chi connectivity index (χ4v) is 4.08. The van der Waals surface area contributed by atoms with Crippen LogP contribution in [0.25, 0.3) is 5.69 Å². The molecule has 1 atom stereocenters. The van der Waals surface area contributed by atoms with Crippen LogP contribution in [0.1, 0.15) is 34.8 Å². The molecule has 2 aromatic carbocycles. The van der Waals surface area contributed by atoms with Gasteiger partial charge in [-0.05, 0) is 72.0 Å². The maximum atomic E-state index is 13.5. The Labute approximate surface area is 154 Å². The highest BCUT2D eigenvalue weighted by atomic mass is 32.2. The van der Waals surface area contributed by atoms with Gasteiger partial charge in [0.1, 0.15) is 5.82 Å². The Morgan fingerprint density at radius 1 is 1.19 bits per heavy atom. The van der Waals surface area contributed by atoms with Crippen LogP contribution in [0.3, 0.4) is 0 Å². The van der Waals surface area contributed by atoms with Crippen molar-refractivity contribution < 1.29 is 9.18 Å². The maximum absolute atomic E-state index is 13.5. The van der Waals surface area contributed by atoms with Gasteiger partial charge >= 0.3 is 0 Å². The number of Topliss-reactive ketones (excluding diaryl/α,β-unsaturated/α-hetero) is 1. The molecule has 0 saturated heterocycles. The number of halogens is 1. The maximum Gasteiger partial charge on any atom is 0.214 e. The molecule has 1 aromatic heterocycles. The summed E-state index contributed by atoms with van der Waals surface area (Å²) in [6.07, 6.45) is 3.28. The Kier molecular flexibility index (Phi) is 4.55. The minimum absolute atomic E-state index is 0.0403. The number of carbonyl (C=O) groups is 1. The van der Waals surface area contributed by atoms with Crippen LogP contribution in [0.2, 0.25) is 0 Å². The Bertz CT molecular complexity index is 972. The zero-order chi connectivity index (χ0) is 18.1. The monoisotopic (exact) mass is 368 g/mol. The molecule has 1 heterocycles. The third-order valence-corrected chi connectivity index (χ3v) is 5.56. The first-order valence-electron chi connectivity index (χ1n) is 8.49. The number of tetrazole rings is 1. The van der Waals surface area contributed by atoms with E-state index in [0.29, 0.717) is 10.8 Å². The first kappa shape index (κ1) is 16.9. The molecule has 7 heteroatoms. The molecule has 0 amide bonds. The molecular weight excluding hydrogens is 351 g/mol. The summed E-state index contributed by atoms with van der Waals surface area (Å²) in [5.41, 5.74) is 3.86. The van der Waals surface area contributed by atoms with Gasteiger partial charge in [-0.25, -0.2) is 4.39 Å². The lowest BCUT2D eigenvalue weighted by molar-refractivity contribution is 0.0993. The molecule has 3 aromatic rings. The average Bonchev–Trinajstić information content (AvgIpc) is 3.29. The highest BCUT2D eigenvalue weighted by Crippen LogP contribution is 2.28. The smallest absolute Gasteiger partial charge is 0.214 e. The zero-order valence-electron chi connectivity index (χ0n) is 14.2. The largest absolute Gasteiger partial charge is 0.293 e. The van der Waals surface area contributed by atoms with Crippen LogP contribution in [0, 0.1) is 5.82 Å². The predicted molar refractivity (Wildman–Crippen MR) is 97.2 cm³/mol. The predicted octanol–water partition coefficient (Wildman–Crippen LogP) is 3.65. The summed E-state index contributed by atoms with van der Waals surface area (Å²) in [6.45, 7) is 1.84. The van der Waals surface area contributed by atoms with Gasteiger partial charge in [0, 0.05) is 5.56 Å². The minimum Gasteiger partial charge on any atom is -0.293 e. The molecule has 1 unspecified atom stereocenters. The van der Waals surface area contributed by atoms with E-state index in [1.54, 1.807) is 12.1 Å². The van der Waals surface area contributed by atoms with Crippen molar-refractivity contribution >= 4 is 17.5 Å². The van der Waals surface area contributed by atoms with E-state index in [0.717, 1.165) is 24.8 Å². The molecule has 0 N–H and O–H groups in total. The second kappa shape index (κ2) is 6.99. The highest BCUT2D eigenvalue weighted by molar-refractivity contribution is 8.00. The molecule has 1 aliphatic carbocycles. The van der Waals surface area contributed by atoms with Crippen molar-refractivity contribution in [2.45, 2.75) is 36.6 Å². The van der Waals surface area contributed by atoms with Crippen LogP contribution in [0.5, 0.6) is 0 Å². The first-order valence-corrected chi connectivity index (χ1v) is 9.37. The van der Waals surface area contributed by atoms with Gasteiger partial charge in [-0.2, -0.15) is 4.68 Å². The summed E-state index contributed by atoms with van der Waals surface area (Å²) in [6, 6.07) is 12.0. The molecule has 0 saturated carbocycles. The van der Waals surface area contributed by atoms with Crippen LogP contribution in [-0.2, 0) is 12.8 Å². The minimum atomic E-state index is -0.365. The summed E-state index contributed by atoms with van der Waals surface area (Å²) in [7, 11) is 0. The molecule has 0 bridgehead atoms. The summed E-state index contributed by atoms with van der Waals surface area (Å²) < 4.78 is 14.9. The van der Waals surface area contributed by atoms with E-state index in [-0.39, 0.29) is 16.9 Å². The zero-order valence-corrected chi connectivity index (χ0v) is 15.0. The van der Waals surface area contributed by atoms with Gasteiger partial charge in [0.15, 0.2) is 5.78 Å². The number of fused-ring (bicyclic) bond motifs is 1. The lowest BCUT2D eigenvalue weighted by atomic mass is 10.0. The normalized spacial score (nSPS) is 14.2. The van der Waals surface area contributed by atoms with Gasteiger partial charge in [-0.1, -0.05) is 30.0 Å². The van der Waals surface area contributed by atoms with Gasteiger partial charge in [-0.3, -0.25) is 4.79 Å². The molecule has 0 fully saturated rings. The van der Waals surface area contributed by atoms with Crippen molar-refractivity contribution in [1.29, 1.82) is 0 Å². The van der Waals surface area contributed by atoms with E-state index in [1.807, 2.05) is 19.1 Å². The summed E-state index contributed by atoms with van der Waals surface area (Å²) >= 11 is 1.27. The number of hydrogen-bond donors (Lipinski definition) is 0. The molecule has 4 rings (SSSR count). The fourth-order valence-electron chi connectivity index (χ4n) is 3.19. The molecule has 26 heavy (non-hydrogen) atoms. The Morgan fingerprint density at radius 2 is 2.04 bits per heavy atom. The number of hydrogen-bond acceptors (Lipinski definition) is 5. The van der Waals surface area contributed by atoms with Crippen LogP contribution in [0.15, 0.2) is 47.6 Å². The fraction of sp³-hybridized carbons (Fsp3) is 0.263. The van der Waals surface area contributed by atoms with Gasteiger partial charge in [0.05, 0.1) is 10.9 Å². The van der Waals surface area contributed by atoms with Crippen molar-refractivity contribution in [3.63, 3.8) is 0 Å². The molecule has 132 valence electrons. The number of carbonyl (C=O) groups excluding carboxylic acids is 1. The van der Waals surface area contributed by atoms with Crippen molar-refractivity contribution in [3.8, 4) is 5.69 Å². The molecule has 0 aliphatic heterocycles.